The predicted molar refractivity (Wildman–Crippen MR) is 266 cm³/mol. The van der Waals surface area contributed by atoms with Crippen molar-refractivity contribution in [2.45, 2.75) is 69.3 Å². The van der Waals surface area contributed by atoms with Gasteiger partial charge in [0.15, 0.2) is 17.3 Å². The van der Waals surface area contributed by atoms with Crippen LogP contribution >= 0.6 is 0 Å². The summed E-state index contributed by atoms with van der Waals surface area (Å²) in [6.45, 7) is 1.25. The molecule has 1 aliphatic heterocycles. The first-order chi connectivity index (χ1) is 35.7. The van der Waals surface area contributed by atoms with Gasteiger partial charge in [-0.25, -0.2) is 14.2 Å². The van der Waals surface area contributed by atoms with Crippen molar-refractivity contribution in [3.8, 4) is 40.7 Å². The van der Waals surface area contributed by atoms with E-state index in [4.69, 9.17) is 37.9 Å². The summed E-state index contributed by atoms with van der Waals surface area (Å²) in [6, 6.07) is 49.6. The number of rotatable bonds is 20. The van der Waals surface area contributed by atoms with Crippen molar-refractivity contribution in [1.29, 1.82) is 5.26 Å². The van der Waals surface area contributed by atoms with E-state index < -0.39 is 59.3 Å². The van der Waals surface area contributed by atoms with Crippen molar-refractivity contribution < 1.29 is 51.5 Å². The number of aliphatic imine (C=N–C) groups is 1. The second-order valence-corrected chi connectivity index (χ2v) is 17.6. The van der Waals surface area contributed by atoms with E-state index in [0.29, 0.717) is 12.1 Å². The van der Waals surface area contributed by atoms with Gasteiger partial charge in [-0.1, -0.05) is 121 Å². The third-order valence-corrected chi connectivity index (χ3v) is 12.5. The Morgan fingerprint density at radius 3 is 1.81 bits per heavy atom. The zero-order valence-electron chi connectivity index (χ0n) is 40.1. The molecular weight excluding hydrogens is 935 g/mol. The van der Waals surface area contributed by atoms with Gasteiger partial charge in [0.25, 0.3) is 5.88 Å². The van der Waals surface area contributed by atoms with Crippen molar-refractivity contribution in [3.05, 3.63) is 209 Å². The first-order valence-corrected chi connectivity index (χ1v) is 23.7. The lowest BCUT2D eigenvalue weighted by atomic mass is 9.78. The molecule has 73 heavy (non-hydrogen) atoms. The van der Waals surface area contributed by atoms with E-state index in [1.807, 2.05) is 139 Å². The van der Waals surface area contributed by atoms with Gasteiger partial charge in [-0.15, -0.1) is 0 Å². The summed E-state index contributed by atoms with van der Waals surface area (Å²) in [5.74, 6) is -4.11. The molecule has 0 N–H and O–H groups in total. The molecule has 0 saturated heterocycles. The molecule has 0 bridgehead atoms. The summed E-state index contributed by atoms with van der Waals surface area (Å²) < 4.78 is 83.0. The van der Waals surface area contributed by atoms with Gasteiger partial charge < -0.3 is 37.9 Å². The Morgan fingerprint density at radius 2 is 1.26 bits per heavy atom. The van der Waals surface area contributed by atoms with Crippen LogP contribution < -0.4 is 18.9 Å². The van der Waals surface area contributed by atoms with Gasteiger partial charge >= 0.3 is 5.97 Å². The van der Waals surface area contributed by atoms with Gasteiger partial charge in [0, 0.05) is 37.2 Å². The molecular formula is C58H52F2N4O9. The Balaban J connectivity index is 1.04. The van der Waals surface area contributed by atoms with E-state index in [1.54, 1.807) is 12.3 Å². The van der Waals surface area contributed by atoms with E-state index in [2.05, 4.69) is 9.98 Å². The molecule has 13 nitrogen and oxygen atoms in total. The van der Waals surface area contributed by atoms with Crippen molar-refractivity contribution in [1.82, 2.24) is 9.88 Å². The number of halogens is 2. The maximum absolute atomic E-state index is 16.6. The van der Waals surface area contributed by atoms with E-state index in [0.717, 1.165) is 28.5 Å². The van der Waals surface area contributed by atoms with Crippen LogP contribution in [0.4, 0.5) is 8.78 Å². The summed E-state index contributed by atoms with van der Waals surface area (Å²) in [5, 5.41) is 9.67. The quantitative estimate of drug-likeness (QED) is 0.0671. The minimum Gasteiger partial charge on any atom is -0.485 e. The highest BCUT2D eigenvalue weighted by Crippen LogP contribution is 2.44. The minimum atomic E-state index is -1.70. The van der Waals surface area contributed by atoms with Gasteiger partial charge in [-0.2, -0.15) is 9.65 Å². The second kappa shape index (κ2) is 23.5. The molecule has 7 aromatic rings. The minimum absolute atomic E-state index is 0.00126. The molecule has 1 fully saturated rings. The summed E-state index contributed by atoms with van der Waals surface area (Å²) in [5.41, 5.74) is 2.49. The normalized spacial score (nSPS) is 19.4. The number of ether oxygens (including phenoxy) is 8. The maximum atomic E-state index is 16.6. The molecule has 0 amide bonds. The number of aromatic nitrogens is 1. The van der Waals surface area contributed by atoms with Crippen molar-refractivity contribution in [2.24, 2.45) is 4.99 Å². The van der Waals surface area contributed by atoms with E-state index >= 15 is 8.78 Å². The number of hydrogen-bond acceptors (Lipinski definition) is 13. The van der Waals surface area contributed by atoms with Gasteiger partial charge in [0.05, 0.1) is 57.0 Å². The predicted octanol–water partition coefficient (Wildman–Crippen LogP) is 11.3. The summed E-state index contributed by atoms with van der Waals surface area (Å²) in [6.07, 6.45) is -0.385. The lowest BCUT2D eigenvalue weighted by molar-refractivity contribution is -0.214. The van der Waals surface area contributed by atoms with Crippen LogP contribution in [0.3, 0.4) is 0 Å². The smallest absolute Gasteiger partial charge is 0.350 e. The van der Waals surface area contributed by atoms with Crippen LogP contribution in [-0.4, -0.2) is 66.7 Å². The van der Waals surface area contributed by atoms with Crippen molar-refractivity contribution in [3.63, 3.8) is 0 Å². The van der Waals surface area contributed by atoms with Gasteiger partial charge in [0.1, 0.15) is 30.4 Å². The molecule has 15 heteroatoms. The first-order valence-electron chi connectivity index (χ1n) is 23.7. The Kier molecular flexibility index (Phi) is 16.1. The highest BCUT2D eigenvalue weighted by atomic mass is 19.1. The fourth-order valence-corrected chi connectivity index (χ4v) is 8.77. The average molecular weight is 987 g/mol. The fourth-order valence-electron chi connectivity index (χ4n) is 8.77. The number of nitrogens with zero attached hydrogens (tertiary/aromatic N) is 4. The third kappa shape index (κ3) is 12.2. The number of esters is 1. The Bertz CT molecular complexity index is 2980. The van der Waals surface area contributed by atoms with Crippen LogP contribution in [0.2, 0.25) is 0 Å². The largest absolute Gasteiger partial charge is 0.485 e. The number of methoxy groups -OCH3 is 1. The van der Waals surface area contributed by atoms with E-state index in [9.17, 15) is 10.1 Å². The molecule has 2 heterocycles. The second-order valence-electron chi connectivity index (χ2n) is 17.6. The monoisotopic (exact) mass is 986 g/mol. The average Bonchev–Trinajstić information content (AvgIpc) is 3.87. The molecule has 3 atom stereocenters. The van der Waals surface area contributed by atoms with Crippen LogP contribution in [0.25, 0.3) is 0 Å². The number of benzene rings is 6. The molecule has 3 unspecified atom stereocenters. The van der Waals surface area contributed by atoms with Crippen molar-refractivity contribution >= 4 is 12.2 Å². The van der Waals surface area contributed by atoms with Crippen LogP contribution in [0.15, 0.2) is 169 Å². The summed E-state index contributed by atoms with van der Waals surface area (Å²) in [7, 11) is 3.13. The van der Waals surface area contributed by atoms with Crippen LogP contribution in [0, 0.1) is 23.0 Å². The fraction of sp³-hybridized carbons (Fsp3) is 0.241. The lowest BCUT2D eigenvalue weighted by Gasteiger charge is -2.46. The number of carbonyl (C=O) groups is 1. The van der Waals surface area contributed by atoms with Crippen LogP contribution in [-0.2, 0) is 50.2 Å². The topological polar surface area (TPSA) is 143 Å². The first kappa shape index (κ1) is 50.0. The molecule has 372 valence electrons. The molecule has 9 rings (SSSR count). The lowest BCUT2D eigenvalue weighted by Crippen LogP contribution is -2.61. The third-order valence-electron chi connectivity index (χ3n) is 12.5. The van der Waals surface area contributed by atoms with E-state index in [-0.39, 0.29) is 67.8 Å². The zero-order valence-corrected chi connectivity index (χ0v) is 40.1. The Morgan fingerprint density at radius 1 is 0.699 bits per heavy atom. The molecule has 2 aliphatic rings. The Labute approximate surface area is 422 Å². The Hall–Kier alpha value is -8.00. The molecule has 1 aromatic heterocycles. The molecule has 0 radical (unpaired) electrons. The molecule has 0 spiro atoms. The zero-order chi connectivity index (χ0) is 50.6. The molecule has 1 saturated carbocycles. The summed E-state index contributed by atoms with van der Waals surface area (Å²) >= 11 is 0. The number of carbonyl (C=O) groups excluding carboxylic acids is 1. The van der Waals surface area contributed by atoms with Gasteiger partial charge in [-0.05, 0) is 59.6 Å². The van der Waals surface area contributed by atoms with Gasteiger partial charge in [0.2, 0.25) is 17.2 Å². The van der Waals surface area contributed by atoms with Crippen molar-refractivity contribution in [2.75, 3.05) is 20.7 Å². The number of pyridine rings is 1. The number of nitriles is 1. The SMILES string of the molecule is COC(=O)C1(Oc2ccc(Oc3c(F)cnc(Oc4cc(C#N)ccc4OCc4ccccc4)c3F)c(C3N=CCN3C)c2)CC(OCc2ccccc2)C(OCc2ccccc2)C(OCc2ccccc2)C1. The summed E-state index contributed by atoms with van der Waals surface area (Å²) in [4.78, 5) is 24.9. The highest BCUT2D eigenvalue weighted by Gasteiger charge is 2.55. The van der Waals surface area contributed by atoms with E-state index in [1.165, 1.54) is 37.4 Å². The van der Waals surface area contributed by atoms with Gasteiger partial charge in [-0.3, -0.25) is 9.89 Å². The molecule has 1 aliphatic carbocycles. The van der Waals surface area contributed by atoms with Crippen LogP contribution in [0.5, 0.6) is 34.6 Å². The molecule has 6 aromatic carbocycles. The standard InChI is InChI=1S/C58H52F2N4O9/c1-64-28-27-62-55(64)45-30-44(24-26-47(45)71-53-46(59)34-63-56(52(53)60)72-49-29-43(33-61)23-25-48(49)67-35-39-15-7-3-8-16-39)73-58(57(65)66-2)31-50(68-36-40-17-9-4-10-18-40)54(70-38-42-21-13-6-14-22-42)51(32-58)69-37-41-19-11-5-12-20-41/h3-27,29-30,34,50-51,54-55H,28,31-32,35-38H2,1-2H3. The van der Waals surface area contributed by atoms with Crippen LogP contribution in [0.1, 0.15) is 52.4 Å². The maximum Gasteiger partial charge on any atom is 0.350 e. The number of hydrogen-bond donors (Lipinski definition) is 0. The highest BCUT2D eigenvalue weighted by molar-refractivity contribution is 5.80.